The quantitative estimate of drug-likeness (QED) is 0.502. The van der Waals surface area contributed by atoms with E-state index in [1.54, 1.807) is 16.9 Å². The zero-order chi connectivity index (χ0) is 15.5. The summed E-state index contributed by atoms with van der Waals surface area (Å²) in [6.07, 6.45) is 3.56. The third-order valence-electron chi connectivity index (χ3n) is 2.87. The largest absolute Gasteiger partial charge is 0.384 e. The number of ether oxygens (including phenoxy) is 1. The maximum atomic E-state index is 5.80. The van der Waals surface area contributed by atoms with E-state index in [1.807, 2.05) is 6.20 Å². The molecule has 0 aromatic carbocycles. The van der Waals surface area contributed by atoms with Crippen LogP contribution in [-0.2, 0) is 11.5 Å². The van der Waals surface area contributed by atoms with Crippen molar-refractivity contribution in [3.8, 4) is 11.3 Å². The van der Waals surface area contributed by atoms with Crippen molar-refractivity contribution < 1.29 is 4.74 Å². The highest BCUT2D eigenvalue weighted by molar-refractivity contribution is 6.76. The molecule has 2 rings (SSSR count). The Morgan fingerprint density at radius 1 is 1.33 bits per heavy atom. The SMILES string of the molecule is C[Si](C)(C)CCOCn1cc(-c2cc(N)nc(Cl)n2)cn1. The number of hydrogen-bond acceptors (Lipinski definition) is 5. The van der Waals surface area contributed by atoms with Gasteiger partial charge >= 0.3 is 0 Å². The predicted molar refractivity (Wildman–Crippen MR) is 86.8 cm³/mol. The maximum absolute atomic E-state index is 5.80. The molecule has 0 radical (unpaired) electrons. The van der Waals surface area contributed by atoms with Crippen molar-refractivity contribution in [3.63, 3.8) is 0 Å². The normalized spacial score (nSPS) is 11.8. The number of aromatic nitrogens is 4. The Labute approximate surface area is 130 Å². The Balaban J connectivity index is 1.95. The summed E-state index contributed by atoms with van der Waals surface area (Å²) in [7, 11) is -1.06. The first-order chi connectivity index (χ1) is 9.83. The summed E-state index contributed by atoms with van der Waals surface area (Å²) in [5, 5.41) is 4.37. The molecule has 6 nitrogen and oxygen atoms in total. The van der Waals surface area contributed by atoms with E-state index in [-0.39, 0.29) is 5.28 Å². The van der Waals surface area contributed by atoms with Crippen molar-refractivity contribution in [3.05, 3.63) is 23.7 Å². The van der Waals surface area contributed by atoms with Crippen LogP contribution in [0.1, 0.15) is 0 Å². The van der Waals surface area contributed by atoms with Gasteiger partial charge in [0.1, 0.15) is 12.5 Å². The van der Waals surface area contributed by atoms with Crippen LogP contribution in [0.25, 0.3) is 11.3 Å². The zero-order valence-corrected chi connectivity index (χ0v) is 14.3. The highest BCUT2D eigenvalue weighted by Gasteiger charge is 2.12. The molecule has 2 N–H and O–H groups in total. The highest BCUT2D eigenvalue weighted by Crippen LogP contribution is 2.19. The average Bonchev–Trinajstić information content (AvgIpc) is 2.81. The van der Waals surface area contributed by atoms with Gasteiger partial charge in [-0.15, -0.1) is 0 Å². The van der Waals surface area contributed by atoms with Gasteiger partial charge in [0.15, 0.2) is 0 Å². The van der Waals surface area contributed by atoms with Gasteiger partial charge < -0.3 is 10.5 Å². The Morgan fingerprint density at radius 2 is 2.10 bits per heavy atom. The van der Waals surface area contributed by atoms with Gasteiger partial charge in [-0.3, -0.25) is 0 Å². The molecule has 0 aliphatic heterocycles. The van der Waals surface area contributed by atoms with E-state index in [0.29, 0.717) is 18.2 Å². The van der Waals surface area contributed by atoms with Crippen LogP contribution in [0.5, 0.6) is 0 Å². The fourth-order valence-corrected chi connectivity index (χ4v) is 2.63. The van der Waals surface area contributed by atoms with E-state index in [9.17, 15) is 0 Å². The Hall–Kier alpha value is -1.44. The van der Waals surface area contributed by atoms with Gasteiger partial charge in [-0.2, -0.15) is 5.10 Å². The predicted octanol–water partition coefficient (Wildman–Crippen LogP) is 2.89. The number of rotatable bonds is 6. The Kier molecular flexibility index (Phi) is 4.97. The second-order valence-corrected chi connectivity index (χ2v) is 12.0. The molecule has 21 heavy (non-hydrogen) atoms. The standard InChI is InChI=1S/C13H20ClN5OSi/c1-21(2,3)5-4-20-9-19-8-10(7-16-19)11-6-12(15)18-13(14)17-11/h6-8H,4-5,9H2,1-3H3,(H2,15,17,18). The van der Waals surface area contributed by atoms with Crippen molar-refractivity contribution in [2.24, 2.45) is 0 Å². The third kappa shape index (κ3) is 5.11. The van der Waals surface area contributed by atoms with Crippen LogP contribution in [0.4, 0.5) is 5.82 Å². The molecule has 0 aliphatic rings. The Morgan fingerprint density at radius 3 is 2.76 bits per heavy atom. The number of hydrogen-bond donors (Lipinski definition) is 1. The summed E-state index contributed by atoms with van der Waals surface area (Å²) in [5.74, 6) is 0.337. The monoisotopic (exact) mass is 325 g/mol. The summed E-state index contributed by atoms with van der Waals surface area (Å²) in [6.45, 7) is 8.17. The molecule has 2 aromatic rings. The van der Waals surface area contributed by atoms with Crippen LogP contribution in [0.2, 0.25) is 31.0 Å². The maximum Gasteiger partial charge on any atom is 0.224 e. The van der Waals surface area contributed by atoms with Gasteiger partial charge in [0.25, 0.3) is 0 Å². The molecule has 0 spiro atoms. The first kappa shape index (κ1) is 15.9. The van der Waals surface area contributed by atoms with Crippen molar-refractivity contribution >= 4 is 25.5 Å². The van der Waals surface area contributed by atoms with Gasteiger partial charge in [0, 0.05) is 32.5 Å². The molecule has 2 aromatic heterocycles. The number of anilines is 1. The molecule has 0 bridgehead atoms. The van der Waals surface area contributed by atoms with Crippen LogP contribution in [0.15, 0.2) is 18.5 Å². The van der Waals surface area contributed by atoms with Crippen molar-refractivity contribution in [1.29, 1.82) is 0 Å². The van der Waals surface area contributed by atoms with Crippen LogP contribution >= 0.6 is 11.6 Å². The van der Waals surface area contributed by atoms with Crippen molar-refractivity contribution in [1.82, 2.24) is 19.7 Å². The number of nitrogens with zero attached hydrogens (tertiary/aromatic N) is 4. The minimum atomic E-state index is -1.06. The molecule has 0 unspecified atom stereocenters. The lowest BCUT2D eigenvalue weighted by Gasteiger charge is -2.15. The van der Waals surface area contributed by atoms with E-state index in [4.69, 9.17) is 22.1 Å². The minimum Gasteiger partial charge on any atom is -0.384 e. The summed E-state index contributed by atoms with van der Waals surface area (Å²) >= 11 is 5.80. The summed E-state index contributed by atoms with van der Waals surface area (Å²) in [5.41, 5.74) is 7.15. The second kappa shape index (κ2) is 6.55. The van der Waals surface area contributed by atoms with Crippen LogP contribution in [0, 0.1) is 0 Å². The second-order valence-electron chi connectivity index (χ2n) is 6.06. The van der Waals surface area contributed by atoms with E-state index in [0.717, 1.165) is 18.2 Å². The van der Waals surface area contributed by atoms with Gasteiger partial charge in [-0.25, -0.2) is 14.6 Å². The number of nitrogen functional groups attached to an aromatic ring is 1. The first-order valence-electron chi connectivity index (χ1n) is 6.74. The van der Waals surface area contributed by atoms with E-state index in [2.05, 4.69) is 34.7 Å². The average molecular weight is 326 g/mol. The molecule has 0 amide bonds. The molecule has 0 saturated carbocycles. The van der Waals surface area contributed by atoms with E-state index >= 15 is 0 Å². The molecule has 0 aliphatic carbocycles. The molecule has 8 heteroatoms. The molecule has 0 fully saturated rings. The summed E-state index contributed by atoms with van der Waals surface area (Å²) < 4.78 is 7.37. The summed E-state index contributed by atoms with van der Waals surface area (Å²) in [6, 6.07) is 2.80. The lowest BCUT2D eigenvalue weighted by atomic mass is 10.2. The Bertz CT molecular complexity index is 591. The van der Waals surface area contributed by atoms with E-state index in [1.165, 1.54) is 0 Å². The fourth-order valence-electron chi connectivity index (χ4n) is 1.69. The minimum absolute atomic E-state index is 0.129. The van der Waals surface area contributed by atoms with Gasteiger partial charge in [0.2, 0.25) is 5.28 Å². The lowest BCUT2D eigenvalue weighted by Crippen LogP contribution is -2.22. The molecular formula is C13H20ClN5OSi. The molecule has 0 atom stereocenters. The molecule has 0 saturated heterocycles. The number of nitrogens with two attached hydrogens (primary N) is 1. The van der Waals surface area contributed by atoms with Crippen LogP contribution in [0.3, 0.4) is 0 Å². The molecule has 114 valence electrons. The van der Waals surface area contributed by atoms with Crippen LogP contribution < -0.4 is 5.73 Å². The number of halogens is 1. The fraction of sp³-hybridized carbons (Fsp3) is 0.462. The van der Waals surface area contributed by atoms with Crippen molar-refractivity contribution in [2.75, 3.05) is 12.3 Å². The molecule has 2 heterocycles. The van der Waals surface area contributed by atoms with Gasteiger partial charge in [-0.05, 0) is 17.6 Å². The van der Waals surface area contributed by atoms with E-state index < -0.39 is 8.07 Å². The van der Waals surface area contributed by atoms with Gasteiger partial charge in [0.05, 0.1) is 11.9 Å². The molecular weight excluding hydrogens is 306 g/mol. The lowest BCUT2D eigenvalue weighted by molar-refractivity contribution is 0.0786. The highest BCUT2D eigenvalue weighted by atomic mass is 35.5. The summed E-state index contributed by atoms with van der Waals surface area (Å²) in [4.78, 5) is 7.97. The topological polar surface area (TPSA) is 78.9 Å². The third-order valence-corrected chi connectivity index (χ3v) is 4.74. The van der Waals surface area contributed by atoms with Crippen LogP contribution in [-0.4, -0.2) is 34.4 Å². The van der Waals surface area contributed by atoms with Crippen molar-refractivity contribution in [2.45, 2.75) is 32.4 Å². The van der Waals surface area contributed by atoms with Gasteiger partial charge in [-0.1, -0.05) is 19.6 Å². The smallest absolute Gasteiger partial charge is 0.224 e. The first-order valence-corrected chi connectivity index (χ1v) is 10.8. The zero-order valence-electron chi connectivity index (χ0n) is 12.5.